The van der Waals surface area contributed by atoms with Crippen LogP contribution in [0.2, 0.25) is 0 Å². The first-order valence-corrected chi connectivity index (χ1v) is 35.9. The highest BCUT2D eigenvalue weighted by atomic mass is 16.7. The third kappa shape index (κ3) is 55.0. The van der Waals surface area contributed by atoms with Gasteiger partial charge in [-0.05, 0) is 128 Å². The Balaban J connectivity index is 2.20. The topological polar surface area (TPSA) is 149 Å². The number of allylic oxidation sites excluding steroid dienone is 27. The SMILES string of the molecule is CC/C=C\C/C=C\C/C=C\C/C=C\C/C=C\C/C=C\C/C=C\C/C=C\C/C=C\C/C=C\C/C=C\CCCCCCCCCC(=O)NC(COC1OC(CO)C(O)C(O)C1O)C(O)/C=C/CC/C=C/CC/C=C/CCCCCCCCCCCCCCCCC. The number of hydrogen-bond donors (Lipinski definition) is 6. The molecule has 0 radical (unpaired) electrons. The third-order valence-corrected chi connectivity index (χ3v) is 15.8. The van der Waals surface area contributed by atoms with E-state index in [1.165, 1.54) is 116 Å². The van der Waals surface area contributed by atoms with Crippen LogP contribution in [0.3, 0.4) is 0 Å². The summed E-state index contributed by atoms with van der Waals surface area (Å²) >= 11 is 0. The second kappa shape index (κ2) is 66.5. The van der Waals surface area contributed by atoms with Gasteiger partial charge in [0.25, 0.3) is 0 Å². The number of unbranched alkanes of at least 4 members (excludes halogenated alkanes) is 24. The largest absolute Gasteiger partial charge is 0.394 e. The molecule has 1 saturated heterocycles. The minimum absolute atomic E-state index is 0.207. The van der Waals surface area contributed by atoms with E-state index in [9.17, 15) is 30.3 Å². The van der Waals surface area contributed by atoms with E-state index < -0.39 is 49.5 Å². The summed E-state index contributed by atoms with van der Waals surface area (Å²) in [5.41, 5.74) is 0. The van der Waals surface area contributed by atoms with Gasteiger partial charge in [-0.15, -0.1) is 0 Å². The van der Waals surface area contributed by atoms with Crippen molar-refractivity contribution in [2.24, 2.45) is 0 Å². The maximum Gasteiger partial charge on any atom is 0.220 e. The summed E-state index contributed by atoms with van der Waals surface area (Å²) in [6, 6.07) is -0.849. The molecule has 1 rings (SSSR count). The lowest BCUT2D eigenvalue weighted by Crippen LogP contribution is -2.60. The van der Waals surface area contributed by atoms with E-state index in [-0.39, 0.29) is 12.5 Å². The molecule has 6 N–H and O–H groups in total. The van der Waals surface area contributed by atoms with E-state index in [1.807, 2.05) is 6.08 Å². The van der Waals surface area contributed by atoms with Crippen LogP contribution in [-0.4, -0.2) is 87.5 Å². The average molecular weight is 1230 g/mol. The van der Waals surface area contributed by atoms with Gasteiger partial charge in [0.2, 0.25) is 5.91 Å². The molecule has 0 aromatic heterocycles. The summed E-state index contributed by atoms with van der Waals surface area (Å²) in [5.74, 6) is -0.207. The maximum absolute atomic E-state index is 13.1. The summed E-state index contributed by atoms with van der Waals surface area (Å²) in [6.45, 7) is 3.64. The molecular formula is C80H131NO8. The van der Waals surface area contributed by atoms with Crippen molar-refractivity contribution in [3.8, 4) is 0 Å². The van der Waals surface area contributed by atoms with E-state index >= 15 is 0 Å². The van der Waals surface area contributed by atoms with E-state index in [0.29, 0.717) is 6.42 Å². The molecule has 1 amide bonds. The van der Waals surface area contributed by atoms with Crippen LogP contribution in [0.4, 0.5) is 0 Å². The van der Waals surface area contributed by atoms with Gasteiger partial charge in [-0.3, -0.25) is 4.79 Å². The molecule has 89 heavy (non-hydrogen) atoms. The quantitative estimate of drug-likeness (QED) is 0.0261. The molecule has 7 atom stereocenters. The maximum atomic E-state index is 13.1. The molecule has 1 heterocycles. The molecular weight excluding hydrogens is 1100 g/mol. The van der Waals surface area contributed by atoms with E-state index in [0.717, 1.165) is 135 Å². The molecule has 0 bridgehead atoms. The van der Waals surface area contributed by atoms with Gasteiger partial charge < -0.3 is 40.3 Å². The van der Waals surface area contributed by atoms with Crippen LogP contribution in [0.25, 0.3) is 0 Å². The van der Waals surface area contributed by atoms with E-state index in [1.54, 1.807) is 6.08 Å². The van der Waals surface area contributed by atoms with Crippen LogP contribution >= 0.6 is 0 Å². The Morgan fingerprint density at radius 1 is 0.393 bits per heavy atom. The normalized spacial score (nSPS) is 18.9. The number of aliphatic hydroxyl groups excluding tert-OH is 5. The van der Waals surface area contributed by atoms with Gasteiger partial charge in [0, 0.05) is 6.42 Å². The number of carbonyl (C=O) groups excluding carboxylic acids is 1. The second-order valence-electron chi connectivity index (χ2n) is 23.9. The fourth-order valence-corrected chi connectivity index (χ4v) is 10.2. The van der Waals surface area contributed by atoms with Crippen molar-refractivity contribution in [2.45, 2.75) is 314 Å². The summed E-state index contributed by atoms with van der Waals surface area (Å²) < 4.78 is 11.3. The summed E-state index contributed by atoms with van der Waals surface area (Å²) in [5, 5.41) is 54.7. The van der Waals surface area contributed by atoms with Gasteiger partial charge in [0.15, 0.2) is 6.29 Å². The zero-order valence-corrected chi connectivity index (χ0v) is 56.4. The first-order valence-electron chi connectivity index (χ1n) is 35.9. The zero-order valence-electron chi connectivity index (χ0n) is 56.4. The van der Waals surface area contributed by atoms with Gasteiger partial charge in [-0.25, -0.2) is 0 Å². The van der Waals surface area contributed by atoms with Crippen LogP contribution in [0.5, 0.6) is 0 Å². The molecule has 0 aromatic carbocycles. The molecule has 1 aliphatic heterocycles. The molecule has 1 fully saturated rings. The number of hydrogen-bond acceptors (Lipinski definition) is 8. The van der Waals surface area contributed by atoms with Crippen LogP contribution < -0.4 is 5.32 Å². The molecule has 7 unspecified atom stereocenters. The molecule has 1 aliphatic rings. The number of aliphatic hydroxyl groups is 5. The number of nitrogens with one attached hydrogen (secondary N) is 1. The Morgan fingerprint density at radius 3 is 1.08 bits per heavy atom. The second-order valence-corrected chi connectivity index (χ2v) is 23.9. The van der Waals surface area contributed by atoms with Crippen molar-refractivity contribution in [3.63, 3.8) is 0 Å². The minimum atomic E-state index is -1.59. The number of ether oxygens (including phenoxy) is 2. The molecule has 0 aliphatic carbocycles. The van der Waals surface area contributed by atoms with Crippen LogP contribution in [-0.2, 0) is 14.3 Å². The van der Waals surface area contributed by atoms with E-state index in [4.69, 9.17) is 9.47 Å². The molecule has 504 valence electrons. The molecule has 9 nitrogen and oxygen atoms in total. The van der Waals surface area contributed by atoms with Crippen molar-refractivity contribution in [1.29, 1.82) is 0 Å². The Hall–Kier alpha value is -4.45. The van der Waals surface area contributed by atoms with Crippen molar-refractivity contribution < 1.29 is 39.8 Å². The highest BCUT2D eigenvalue weighted by Crippen LogP contribution is 2.23. The monoisotopic (exact) mass is 1230 g/mol. The lowest BCUT2D eigenvalue weighted by molar-refractivity contribution is -0.302. The Labute approximate surface area is 545 Å². The Morgan fingerprint density at radius 2 is 0.708 bits per heavy atom. The van der Waals surface area contributed by atoms with Gasteiger partial charge in [0.1, 0.15) is 24.4 Å². The summed E-state index contributed by atoms with van der Waals surface area (Å²) in [6.07, 6.45) is 98.8. The minimum Gasteiger partial charge on any atom is -0.394 e. The fraction of sp³-hybridized carbons (Fsp3) is 0.637. The average Bonchev–Trinajstić information content (AvgIpc) is 2.59. The first-order chi connectivity index (χ1) is 43.8. The van der Waals surface area contributed by atoms with Crippen molar-refractivity contribution >= 4 is 5.91 Å². The number of amides is 1. The van der Waals surface area contributed by atoms with Crippen molar-refractivity contribution in [2.75, 3.05) is 13.2 Å². The van der Waals surface area contributed by atoms with Crippen LogP contribution in [0.1, 0.15) is 271 Å². The molecule has 9 heteroatoms. The predicted molar refractivity (Wildman–Crippen MR) is 382 cm³/mol. The Bertz CT molecular complexity index is 2020. The highest BCUT2D eigenvalue weighted by Gasteiger charge is 2.44. The van der Waals surface area contributed by atoms with Gasteiger partial charge >= 0.3 is 0 Å². The lowest BCUT2D eigenvalue weighted by atomic mass is 9.99. The standard InChI is InChI=1S/C80H131NO8/c1-3-5-7-9-11-13-15-17-19-21-23-25-27-29-30-31-32-33-34-35-36-37-38-39-40-41-42-43-44-46-48-50-52-54-56-58-60-62-64-66-68-70-76(84)81-73(72-88-80-79(87)78(86)77(85)75(71-82)89-80)74(83)69-67-65-63-61-59-57-55-53-51-49-47-45-28-26-24-22-20-18-16-14-12-10-8-6-4-2/h5,7,11,13,17,19,23,25,29-30,32-33,35-36,38-39,41-42,44,46,50-53,59,61,67,69,73-75,77-80,82-83,85-87H,3-4,6,8-10,12,14-16,18,20-22,24,26-28,31,34,37,40,43,45,47-49,54-58,60,62-66,68,70-72H2,1-2H3,(H,81,84)/b7-5-,13-11-,19-17-,25-23-,30-29-,33-32-,36-35-,39-38-,42-41-,46-44-,52-50-,53-51+,61-59+,69-67+. The van der Waals surface area contributed by atoms with Gasteiger partial charge in [-0.2, -0.15) is 0 Å². The van der Waals surface area contributed by atoms with Gasteiger partial charge in [-0.1, -0.05) is 306 Å². The van der Waals surface area contributed by atoms with Crippen LogP contribution in [0, 0.1) is 0 Å². The zero-order chi connectivity index (χ0) is 64.2. The predicted octanol–water partition coefficient (Wildman–Crippen LogP) is 20.1. The molecule has 0 spiro atoms. The Kier molecular flexibility index (Phi) is 61.7. The molecule has 0 aromatic rings. The highest BCUT2D eigenvalue weighted by molar-refractivity contribution is 5.76. The number of carbonyl (C=O) groups is 1. The third-order valence-electron chi connectivity index (χ3n) is 15.8. The lowest BCUT2D eigenvalue weighted by Gasteiger charge is -2.40. The summed E-state index contributed by atoms with van der Waals surface area (Å²) in [7, 11) is 0. The fourth-order valence-electron chi connectivity index (χ4n) is 10.2. The van der Waals surface area contributed by atoms with Crippen molar-refractivity contribution in [3.05, 3.63) is 170 Å². The summed E-state index contributed by atoms with van der Waals surface area (Å²) in [4.78, 5) is 13.1. The number of rotatable bonds is 60. The van der Waals surface area contributed by atoms with Gasteiger partial charge in [0.05, 0.1) is 25.4 Å². The van der Waals surface area contributed by atoms with E-state index in [2.05, 4.69) is 177 Å². The molecule has 0 saturated carbocycles. The van der Waals surface area contributed by atoms with Crippen molar-refractivity contribution in [1.82, 2.24) is 5.32 Å². The smallest absolute Gasteiger partial charge is 0.220 e. The first kappa shape index (κ1) is 82.6. The van der Waals surface area contributed by atoms with Crippen LogP contribution in [0.15, 0.2) is 170 Å².